The molecule has 0 saturated heterocycles. The van der Waals surface area contributed by atoms with Crippen LogP contribution in [-0.4, -0.2) is 25.1 Å². The van der Waals surface area contributed by atoms with Crippen LogP contribution in [0.2, 0.25) is 0 Å². The summed E-state index contributed by atoms with van der Waals surface area (Å²) >= 11 is 0. The van der Waals surface area contributed by atoms with Gasteiger partial charge in [0.2, 0.25) is 0 Å². The first-order valence-electron chi connectivity index (χ1n) is 7.00. The Kier molecular flexibility index (Phi) is 3.89. The summed E-state index contributed by atoms with van der Waals surface area (Å²) in [6.45, 7) is 1.78. The highest BCUT2D eigenvalue weighted by Crippen LogP contribution is 2.24. The smallest absolute Gasteiger partial charge is 0.255 e. The third-order valence-corrected chi connectivity index (χ3v) is 3.37. The lowest BCUT2D eigenvalue weighted by atomic mass is 10.1. The number of aryl methyl sites for hydroxylation is 1. The van der Waals surface area contributed by atoms with Gasteiger partial charge < -0.3 is 19.2 Å². The van der Waals surface area contributed by atoms with E-state index in [0.29, 0.717) is 34.2 Å². The highest BCUT2D eigenvalue weighted by Gasteiger charge is 2.11. The lowest BCUT2D eigenvalue weighted by molar-refractivity contribution is 0.102. The van der Waals surface area contributed by atoms with Crippen molar-refractivity contribution < 1.29 is 18.7 Å². The maximum atomic E-state index is 12.4. The van der Waals surface area contributed by atoms with Crippen LogP contribution in [0, 0.1) is 6.92 Å². The van der Waals surface area contributed by atoms with Gasteiger partial charge in [-0.15, -0.1) is 0 Å². The SMILES string of the molecule is COc1cc(OC)cc(C(=O)Nc2ccc3nc(C)oc3c2)c1. The molecule has 118 valence electrons. The van der Waals surface area contributed by atoms with Crippen molar-refractivity contribution in [3.8, 4) is 11.5 Å². The molecule has 6 nitrogen and oxygen atoms in total. The average Bonchev–Trinajstić information content (AvgIpc) is 2.93. The second-order valence-electron chi connectivity index (χ2n) is 4.97. The first kappa shape index (κ1) is 14.9. The summed E-state index contributed by atoms with van der Waals surface area (Å²) < 4.78 is 15.8. The lowest BCUT2D eigenvalue weighted by Gasteiger charge is -2.09. The number of carbonyl (C=O) groups is 1. The van der Waals surface area contributed by atoms with Crippen molar-refractivity contribution in [1.29, 1.82) is 0 Å². The number of fused-ring (bicyclic) bond motifs is 1. The number of benzene rings is 2. The molecule has 0 bridgehead atoms. The predicted octanol–water partition coefficient (Wildman–Crippen LogP) is 3.41. The van der Waals surface area contributed by atoms with E-state index in [1.165, 1.54) is 14.2 Å². The van der Waals surface area contributed by atoms with Gasteiger partial charge in [0.25, 0.3) is 5.91 Å². The second kappa shape index (κ2) is 6.00. The molecular formula is C17H16N2O4. The molecule has 1 amide bonds. The van der Waals surface area contributed by atoms with E-state index in [2.05, 4.69) is 10.3 Å². The number of hydrogen-bond donors (Lipinski definition) is 1. The third-order valence-electron chi connectivity index (χ3n) is 3.37. The Morgan fingerprint density at radius 2 is 1.78 bits per heavy atom. The van der Waals surface area contributed by atoms with Crippen molar-refractivity contribution >= 4 is 22.7 Å². The number of hydrogen-bond acceptors (Lipinski definition) is 5. The van der Waals surface area contributed by atoms with Gasteiger partial charge in [-0.05, 0) is 24.3 Å². The third kappa shape index (κ3) is 3.11. The zero-order valence-corrected chi connectivity index (χ0v) is 13.0. The Morgan fingerprint density at radius 1 is 1.09 bits per heavy atom. The van der Waals surface area contributed by atoms with E-state index in [4.69, 9.17) is 13.9 Å². The van der Waals surface area contributed by atoms with Gasteiger partial charge in [-0.1, -0.05) is 0 Å². The van der Waals surface area contributed by atoms with Gasteiger partial charge in [-0.25, -0.2) is 4.98 Å². The van der Waals surface area contributed by atoms with E-state index >= 15 is 0 Å². The van der Waals surface area contributed by atoms with Gasteiger partial charge in [0.1, 0.15) is 17.0 Å². The van der Waals surface area contributed by atoms with Crippen molar-refractivity contribution in [3.63, 3.8) is 0 Å². The number of amides is 1. The van der Waals surface area contributed by atoms with E-state index in [0.717, 1.165) is 5.52 Å². The molecule has 0 aliphatic rings. The fraction of sp³-hybridized carbons (Fsp3) is 0.176. The first-order chi connectivity index (χ1) is 11.1. The molecule has 23 heavy (non-hydrogen) atoms. The van der Waals surface area contributed by atoms with Crippen molar-refractivity contribution in [2.45, 2.75) is 6.92 Å². The van der Waals surface area contributed by atoms with Gasteiger partial charge in [-0.2, -0.15) is 0 Å². The number of nitrogens with one attached hydrogen (secondary N) is 1. The number of oxazole rings is 1. The van der Waals surface area contributed by atoms with Crippen LogP contribution in [0.15, 0.2) is 40.8 Å². The van der Waals surface area contributed by atoms with E-state index in [-0.39, 0.29) is 5.91 Å². The molecule has 0 unspecified atom stereocenters. The van der Waals surface area contributed by atoms with E-state index in [9.17, 15) is 4.79 Å². The van der Waals surface area contributed by atoms with Crippen LogP contribution < -0.4 is 14.8 Å². The van der Waals surface area contributed by atoms with E-state index in [1.807, 2.05) is 0 Å². The number of methoxy groups -OCH3 is 2. The molecule has 0 atom stereocenters. The van der Waals surface area contributed by atoms with Crippen LogP contribution in [0.1, 0.15) is 16.2 Å². The molecule has 3 rings (SSSR count). The standard InChI is InChI=1S/C17H16N2O4/c1-10-18-15-5-4-12(8-16(15)23-10)19-17(20)11-6-13(21-2)9-14(7-11)22-3/h4-9H,1-3H3,(H,19,20). The number of anilines is 1. The molecule has 1 aromatic heterocycles. The molecule has 0 radical (unpaired) electrons. The summed E-state index contributed by atoms with van der Waals surface area (Å²) in [6, 6.07) is 10.3. The Hall–Kier alpha value is -3.02. The maximum absolute atomic E-state index is 12.4. The molecule has 0 saturated carbocycles. The monoisotopic (exact) mass is 312 g/mol. The highest BCUT2D eigenvalue weighted by atomic mass is 16.5. The molecule has 1 N–H and O–H groups in total. The Morgan fingerprint density at radius 3 is 2.43 bits per heavy atom. The zero-order chi connectivity index (χ0) is 16.4. The normalized spacial score (nSPS) is 10.6. The summed E-state index contributed by atoms with van der Waals surface area (Å²) in [5.41, 5.74) is 2.45. The molecule has 6 heteroatoms. The van der Waals surface area contributed by atoms with Gasteiger partial charge in [0.15, 0.2) is 11.5 Å². The number of rotatable bonds is 4. The van der Waals surface area contributed by atoms with Gasteiger partial charge in [0, 0.05) is 30.3 Å². The molecule has 2 aromatic carbocycles. The molecular weight excluding hydrogens is 296 g/mol. The van der Waals surface area contributed by atoms with Crippen LogP contribution in [0.25, 0.3) is 11.1 Å². The number of ether oxygens (including phenoxy) is 2. The number of nitrogens with zero attached hydrogens (tertiary/aromatic N) is 1. The number of aromatic nitrogens is 1. The van der Waals surface area contributed by atoms with Crippen LogP contribution >= 0.6 is 0 Å². The minimum atomic E-state index is -0.266. The van der Waals surface area contributed by atoms with Crippen LogP contribution in [0.5, 0.6) is 11.5 Å². The molecule has 3 aromatic rings. The van der Waals surface area contributed by atoms with Crippen molar-refractivity contribution in [2.75, 3.05) is 19.5 Å². The first-order valence-corrected chi connectivity index (χ1v) is 7.00. The van der Waals surface area contributed by atoms with E-state index < -0.39 is 0 Å². The van der Waals surface area contributed by atoms with Crippen molar-refractivity contribution in [1.82, 2.24) is 4.98 Å². The topological polar surface area (TPSA) is 73.6 Å². The van der Waals surface area contributed by atoms with Crippen LogP contribution in [0.3, 0.4) is 0 Å². The van der Waals surface area contributed by atoms with Gasteiger partial charge in [-0.3, -0.25) is 4.79 Å². The van der Waals surface area contributed by atoms with E-state index in [1.54, 1.807) is 43.3 Å². The Balaban J connectivity index is 1.87. The molecule has 0 aliphatic heterocycles. The second-order valence-corrected chi connectivity index (χ2v) is 4.97. The fourth-order valence-corrected chi connectivity index (χ4v) is 2.26. The van der Waals surface area contributed by atoms with Crippen molar-refractivity contribution in [3.05, 3.63) is 47.9 Å². The summed E-state index contributed by atoms with van der Waals surface area (Å²) in [5.74, 6) is 1.42. The maximum Gasteiger partial charge on any atom is 0.255 e. The van der Waals surface area contributed by atoms with Gasteiger partial charge in [0.05, 0.1) is 14.2 Å². The summed E-state index contributed by atoms with van der Waals surface area (Å²) in [4.78, 5) is 16.6. The fourth-order valence-electron chi connectivity index (χ4n) is 2.26. The summed E-state index contributed by atoms with van der Waals surface area (Å²) in [6.07, 6.45) is 0. The quantitative estimate of drug-likeness (QED) is 0.799. The molecule has 0 spiro atoms. The average molecular weight is 312 g/mol. The minimum absolute atomic E-state index is 0.266. The summed E-state index contributed by atoms with van der Waals surface area (Å²) in [7, 11) is 3.08. The van der Waals surface area contributed by atoms with Crippen LogP contribution in [-0.2, 0) is 0 Å². The molecule has 0 aliphatic carbocycles. The Labute approximate surface area is 133 Å². The van der Waals surface area contributed by atoms with Crippen molar-refractivity contribution in [2.24, 2.45) is 0 Å². The minimum Gasteiger partial charge on any atom is -0.497 e. The Bertz CT molecular complexity index is 848. The van der Waals surface area contributed by atoms with Crippen LogP contribution in [0.4, 0.5) is 5.69 Å². The summed E-state index contributed by atoms with van der Waals surface area (Å²) in [5, 5.41) is 2.82. The zero-order valence-electron chi connectivity index (χ0n) is 13.0. The lowest BCUT2D eigenvalue weighted by Crippen LogP contribution is -2.12. The number of carbonyl (C=O) groups excluding carboxylic acids is 1. The molecule has 1 heterocycles. The largest absolute Gasteiger partial charge is 0.497 e. The van der Waals surface area contributed by atoms with Gasteiger partial charge >= 0.3 is 0 Å². The predicted molar refractivity (Wildman–Crippen MR) is 86.2 cm³/mol. The highest BCUT2D eigenvalue weighted by molar-refractivity contribution is 6.05. The molecule has 0 fully saturated rings.